The number of aryl methyl sites for hydroxylation is 1. The van der Waals surface area contributed by atoms with Gasteiger partial charge in [-0.1, -0.05) is 25.5 Å². The van der Waals surface area contributed by atoms with Crippen LogP contribution in [0.4, 0.5) is 4.39 Å². The van der Waals surface area contributed by atoms with Gasteiger partial charge in [0.1, 0.15) is 6.10 Å². The molecule has 0 aliphatic heterocycles. The second kappa shape index (κ2) is 8.75. The van der Waals surface area contributed by atoms with Gasteiger partial charge in [0, 0.05) is 6.04 Å². The highest BCUT2D eigenvalue weighted by molar-refractivity contribution is 7.89. The fraction of sp³-hybridized carbons (Fsp3) is 0.474. The van der Waals surface area contributed by atoms with Gasteiger partial charge in [0.2, 0.25) is 10.0 Å². The maximum atomic E-state index is 12.8. The van der Waals surface area contributed by atoms with Crippen molar-refractivity contribution in [1.29, 1.82) is 0 Å². The Balaban J connectivity index is 1.52. The fourth-order valence-electron chi connectivity index (χ4n) is 3.22. The van der Waals surface area contributed by atoms with E-state index in [4.69, 9.17) is 4.74 Å². The van der Waals surface area contributed by atoms with Crippen LogP contribution in [-0.4, -0.2) is 30.5 Å². The number of halogens is 1. The van der Waals surface area contributed by atoms with E-state index in [1.165, 1.54) is 0 Å². The number of hydrogen-bond donors (Lipinski definition) is 1. The highest BCUT2D eigenvalue weighted by Gasteiger charge is 2.27. The van der Waals surface area contributed by atoms with Crippen molar-refractivity contribution >= 4 is 10.0 Å². The molecule has 0 amide bonds. The minimum Gasteiger partial charge on any atom is -0.460 e. The van der Waals surface area contributed by atoms with Crippen molar-refractivity contribution in [3.05, 3.63) is 48.0 Å². The molecule has 0 atom stereocenters. The van der Waals surface area contributed by atoms with Gasteiger partial charge in [0.05, 0.1) is 17.3 Å². The lowest BCUT2D eigenvalue weighted by atomic mass is 9.94. The Kier molecular flexibility index (Phi) is 6.38. The van der Waals surface area contributed by atoms with Crippen LogP contribution < -0.4 is 9.46 Å². The van der Waals surface area contributed by atoms with E-state index in [2.05, 4.69) is 21.6 Å². The molecule has 6 nitrogen and oxygen atoms in total. The summed E-state index contributed by atoms with van der Waals surface area (Å²) >= 11 is 0. The summed E-state index contributed by atoms with van der Waals surface area (Å²) in [6.45, 7) is 2.09. The minimum absolute atomic E-state index is 0.0930. The monoisotopic (exact) mass is 393 g/mol. The smallest absolute Gasteiger partial charge is 0.316 e. The average molecular weight is 393 g/mol. The zero-order chi connectivity index (χ0) is 19.3. The van der Waals surface area contributed by atoms with E-state index in [0.717, 1.165) is 30.8 Å². The number of nitrogens with one attached hydrogen (secondary N) is 1. The predicted molar refractivity (Wildman–Crippen MR) is 99.4 cm³/mol. The summed E-state index contributed by atoms with van der Waals surface area (Å²) in [5.74, 6) is -0.511. The molecule has 1 N–H and O–H groups in total. The zero-order valence-corrected chi connectivity index (χ0v) is 16.1. The first-order chi connectivity index (χ1) is 13.0. The molecule has 8 heteroatoms. The van der Waals surface area contributed by atoms with Crippen LogP contribution in [0, 0.1) is 5.82 Å². The summed E-state index contributed by atoms with van der Waals surface area (Å²) in [6, 6.07) is 7.07. The van der Waals surface area contributed by atoms with E-state index in [-0.39, 0.29) is 18.2 Å². The molecule has 27 heavy (non-hydrogen) atoms. The first-order valence-electron chi connectivity index (χ1n) is 9.22. The van der Waals surface area contributed by atoms with Gasteiger partial charge < -0.3 is 4.74 Å². The number of rotatable bonds is 7. The first kappa shape index (κ1) is 19.7. The molecule has 1 aromatic heterocycles. The van der Waals surface area contributed by atoms with Crippen molar-refractivity contribution in [2.75, 3.05) is 0 Å². The van der Waals surface area contributed by atoms with Crippen LogP contribution >= 0.6 is 0 Å². The van der Waals surface area contributed by atoms with E-state index in [0.29, 0.717) is 30.6 Å². The molecule has 0 radical (unpaired) electrons. The molecule has 1 aromatic carbocycles. The predicted octanol–water partition coefficient (Wildman–Crippen LogP) is 3.24. The molecule has 1 heterocycles. The van der Waals surface area contributed by atoms with Gasteiger partial charge in [-0.05, 0) is 49.8 Å². The molecule has 0 bridgehead atoms. The number of aromatic nitrogens is 2. The number of benzene rings is 1. The second-order valence-electron chi connectivity index (χ2n) is 6.79. The molecule has 1 fully saturated rings. The number of hydrogen-bond acceptors (Lipinski definition) is 5. The Bertz CT molecular complexity index is 834. The van der Waals surface area contributed by atoms with E-state index >= 15 is 0 Å². The normalized spacial score (nSPS) is 20.4. The maximum Gasteiger partial charge on any atom is 0.316 e. The molecular weight excluding hydrogens is 369 g/mol. The van der Waals surface area contributed by atoms with Crippen LogP contribution in [0.3, 0.4) is 0 Å². The van der Waals surface area contributed by atoms with E-state index in [1.54, 1.807) is 12.1 Å². The van der Waals surface area contributed by atoms with E-state index in [9.17, 15) is 12.8 Å². The number of nitrogens with zero attached hydrogens (tertiary/aromatic N) is 2. The molecule has 2 aromatic rings. The minimum atomic E-state index is -3.53. The lowest BCUT2D eigenvalue weighted by molar-refractivity contribution is 0.132. The van der Waals surface area contributed by atoms with Crippen molar-refractivity contribution in [2.24, 2.45) is 0 Å². The van der Waals surface area contributed by atoms with E-state index < -0.39 is 15.8 Å². The molecule has 1 saturated carbocycles. The molecule has 0 unspecified atom stereocenters. The van der Waals surface area contributed by atoms with Crippen LogP contribution in [-0.2, 0) is 16.4 Å². The topological polar surface area (TPSA) is 81.2 Å². The lowest BCUT2D eigenvalue weighted by Gasteiger charge is -2.28. The third kappa shape index (κ3) is 5.46. The third-order valence-corrected chi connectivity index (χ3v) is 6.17. The van der Waals surface area contributed by atoms with Crippen LogP contribution in [0.25, 0.3) is 0 Å². The number of sulfonamides is 1. The highest BCUT2D eigenvalue weighted by Crippen LogP contribution is 2.23. The molecule has 146 valence electrons. The van der Waals surface area contributed by atoms with Crippen molar-refractivity contribution in [1.82, 2.24) is 14.7 Å². The Labute approximate surface area is 159 Å². The Morgan fingerprint density at radius 2 is 1.74 bits per heavy atom. The standard InChI is InChI=1S/C19H24FN3O3S/c1-2-3-14-4-10-18(11-5-14)27(24,25)23-16-6-8-17(9-7-16)26-19-21-12-15(20)13-22-19/h4-5,10-13,16-17,23H,2-3,6-9H2,1H3. The van der Waals surface area contributed by atoms with Gasteiger partial charge in [-0.25, -0.2) is 27.5 Å². The Hall–Kier alpha value is -2.06. The van der Waals surface area contributed by atoms with Gasteiger partial charge in [-0.2, -0.15) is 0 Å². The van der Waals surface area contributed by atoms with Crippen LogP contribution in [0.5, 0.6) is 6.01 Å². The third-order valence-electron chi connectivity index (χ3n) is 4.64. The zero-order valence-electron chi connectivity index (χ0n) is 15.3. The summed E-state index contributed by atoms with van der Waals surface area (Å²) in [5.41, 5.74) is 1.14. The maximum absolute atomic E-state index is 12.8. The SMILES string of the molecule is CCCc1ccc(S(=O)(=O)NC2CCC(Oc3ncc(F)cn3)CC2)cc1. The molecule has 1 aliphatic rings. The van der Waals surface area contributed by atoms with Gasteiger partial charge in [-0.3, -0.25) is 0 Å². The van der Waals surface area contributed by atoms with Crippen molar-refractivity contribution in [3.63, 3.8) is 0 Å². The summed E-state index contributed by atoms with van der Waals surface area (Å²) in [5, 5.41) is 0. The summed E-state index contributed by atoms with van der Waals surface area (Å²) < 4.78 is 46.4. The fourth-order valence-corrected chi connectivity index (χ4v) is 4.53. The van der Waals surface area contributed by atoms with E-state index in [1.807, 2.05) is 12.1 Å². The van der Waals surface area contributed by atoms with Gasteiger partial charge in [0.25, 0.3) is 0 Å². The van der Waals surface area contributed by atoms with Crippen LogP contribution in [0.1, 0.15) is 44.6 Å². The van der Waals surface area contributed by atoms with Gasteiger partial charge >= 0.3 is 6.01 Å². The van der Waals surface area contributed by atoms with Crippen LogP contribution in [0.2, 0.25) is 0 Å². The Morgan fingerprint density at radius 1 is 1.11 bits per heavy atom. The highest BCUT2D eigenvalue weighted by atomic mass is 32.2. The summed E-state index contributed by atoms with van der Waals surface area (Å²) in [4.78, 5) is 7.87. The number of ether oxygens (including phenoxy) is 1. The van der Waals surface area contributed by atoms with Gasteiger partial charge in [-0.15, -0.1) is 0 Å². The van der Waals surface area contributed by atoms with Crippen molar-refractivity contribution in [2.45, 2.75) is 62.5 Å². The molecule has 0 saturated heterocycles. The molecule has 3 rings (SSSR count). The summed E-state index contributed by atoms with van der Waals surface area (Å²) in [6.07, 6.45) is 6.70. The summed E-state index contributed by atoms with van der Waals surface area (Å²) in [7, 11) is -3.53. The molecule has 1 aliphatic carbocycles. The average Bonchev–Trinajstić information content (AvgIpc) is 2.66. The van der Waals surface area contributed by atoms with Gasteiger partial charge in [0.15, 0.2) is 5.82 Å². The largest absolute Gasteiger partial charge is 0.460 e. The molecular formula is C19H24FN3O3S. The lowest BCUT2D eigenvalue weighted by Crippen LogP contribution is -2.39. The van der Waals surface area contributed by atoms with Crippen molar-refractivity contribution in [3.8, 4) is 6.01 Å². The Morgan fingerprint density at radius 3 is 2.33 bits per heavy atom. The molecule has 0 spiro atoms. The van der Waals surface area contributed by atoms with Crippen molar-refractivity contribution < 1.29 is 17.5 Å². The quantitative estimate of drug-likeness (QED) is 0.781. The van der Waals surface area contributed by atoms with Crippen LogP contribution in [0.15, 0.2) is 41.6 Å². The first-order valence-corrected chi connectivity index (χ1v) is 10.7. The second-order valence-corrected chi connectivity index (χ2v) is 8.50.